The molecule has 1 atom stereocenters. The van der Waals surface area contributed by atoms with Crippen LogP contribution in [0.15, 0.2) is 18.2 Å². The molecule has 1 aromatic rings. The topological polar surface area (TPSA) is 67.2 Å². The van der Waals surface area contributed by atoms with Crippen molar-refractivity contribution in [1.29, 1.82) is 0 Å². The minimum absolute atomic E-state index is 0.0271. The number of non-ortho nitro benzene ring substituents is 1. The van der Waals surface area contributed by atoms with Crippen LogP contribution in [0.3, 0.4) is 0 Å². The molecule has 0 saturated heterocycles. The van der Waals surface area contributed by atoms with E-state index in [0.717, 1.165) is 12.8 Å². The first-order valence-electron chi connectivity index (χ1n) is 6.95. The molecule has 0 aromatic heterocycles. The highest BCUT2D eigenvalue weighted by Gasteiger charge is 2.11. The molecule has 5 nitrogen and oxygen atoms in total. The number of nitrogens with zero attached hydrogens (tertiary/aromatic N) is 1. The van der Waals surface area contributed by atoms with E-state index in [1.807, 2.05) is 0 Å². The van der Waals surface area contributed by atoms with Crippen molar-refractivity contribution in [2.45, 2.75) is 45.6 Å². The van der Waals surface area contributed by atoms with E-state index >= 15 is 0 Å². The van der Waals surface area contributed by atoms with Crippen LogP contribution < -0.4 is 10.6 Å². The van der Waals surface area contributed by atoms with Gasteiger partial charge in [0.05, 0.1) is 15.6 Å². The van der Waals surface area contributed by atoms with E-state index < -0.39 is 4.92 Å². The van der Waals surface area contributed by atoms with Crippen molar-refractivity contribution in [3.8, 4) is 0 Å². The molecule has 2 N–H and O–H groups in total. The van der Waals surface area contributed by atoms with E-state index in [2.05, 4.69) is 24.5 Å². The fraction of sp³-hybridized carbons (Fsp3) is 0.500. The number of thiocarbonyl (C=S) groups is 1. The lowest BCUT2D eigenvalue weighted by molar-refractivity contribution is -0.384. The monoisotopic (exact) mass is 329 g/mol. The second-order valence-electron chi connectivity index (χ2n) is 4.92. The van der Waals surface area contributed by atoms with Crippen molar-refractivity contribution >= 4 is 40.3 Å². The summed E-state index contributed by atoms with van der Waals surface area (Å²) < 4.78 is 0. The van der Waals surface area contributed by atoms with Crippen LogP contribution in [-0.4, -0.2) is 16.1 Å². The minimum Gasteiger partial charge on any atom is -0.360 e. The fourth-order valence-corrected chi connectivity index (χ4v) is 2.35. The molecular formula is C14H20ClN3O2S. The molecule has 0 fully saturated rings. The van der Waals surface area contributed by atoms with Gasteiger partial charge in [-0.3, -0.25) is 10.1 Å². The predicted molar refractivity (Wildman–Crippen MR) is 91.1 cm³/mol. The maximum atomic E-state index is 10.8. The molecule has 0 bridgehead atoms. The minimum atomic E-state index is -0.467. The summed E-state index contributed by atoms with van der Waals surface area (Å²) >= 11 is 11.2. The van der Waals surface area contributed by atoms with Gasteiger partial charge in [-0.1, -0.05) is 37.8 Å². The number of nitrogens with one attached hydrogen (secondary N) is 2. The van der Waals surface area contributed by atoms with E-state index in [1.54, 1.807) is 0 Å². The highest BCUT2D eigenvalue weighted by atomic mass is 35.5. The lowest BCUT2D eigenvalue weighted by Crippen LogP contribution is -2.35. The fourth-order valence-electron chi connectivity index (χ4n) is 1.88. The van der Waals surface area contributed by atoms with Gasteiger partial charge < -0.3 is 10.6 Å². The van der Waals surface area contributed by atoms with Crippen LogP contribution >= 0.6 is 23.8 Å². The highest BCUT2D eigenvalue weighted by molar-refractivity contribution is 7.80. The third-order valence-corrected chi connectivity index (χ3v) is 3.58. The predicted octanol–water partition coefficient (Wildman–Crippen LogP) is 4.50. The maximum absolute atomic E-state index is 10.8. The van der Waals surface area contributed by atoms with Crippen molar-refractivity contribution < 1.29 is 4.92 Å². The molecule has 0 unspecified atom stereocenters. The maximum Gasteiger partial charge on any atom is 0.271 e. The Hall–Kier alpha value is -1.40. The van der Waals surface area contributed by atoms with Gasteiger partial charge in [0.15, 0.2) is 5.11 Å². The molecule has 0 aliphatic rings. The Morgan fingerprint density at radius 2 is 2.19 bits per heavy atom. The number of nitro groups is 1. The molecule has 0 heterocycles. The van der Waals surface area contributed by atoms with Gasteiger partial charge in [0.1, 0.15) is 0 Å². The average molecular weight is 330 g/mol. The van der Waals surface area contributed by atoms with Crippen molar-refractivity contribution in [2.75, 3.05) is 5.32 Å². The second-order valence-corrected chi connectivity index (χ2v) is 5.73. The Labute approximate surface area is 135 Å². The second kappa shape index (κ2) is 8.79. The molecule has 0 amide bonds. The van der Waals surface area contributed by atoms with Crippen molar-refractivity contribution in [3.05, 3.63) is 33.3 Å². The van der Waals surface area contributed by atoms with Crippen LogP contribution in [0, 0.1) is 10.1 Å². The van der Waals surface area contributed by atoms with Gasteiger partial charge >= 0.3 is 0 Å². The summed E-state index contributed by atoms with van der Waals surface area (Å²) in [5.41, 5.74) is 0.407. The summed E-state index contributed by atoms with van der Waals surface area (Å²) in [4.78, 5) is 10.3. The zero-order valence-corrected chi connectivity index (χ0v) is 13.8. The molecule has 0 saturated carbocycles. The van der Waals surface area contributed by atoms with Gasteiger partial charge in [0, 0.05) is 18.2 Å². The summed E-state index contributed by atoms with van der Waals surface area (Å²) in [5.74, 6) is 0. The van der Waals surface area contributed by atoms with Crippen molar-refractivity contribution in [2.24, 2.45) is 0 Å². The lowest BCUT2D eigenvalue weighted by Gasteiger charge is -2.17. The zero-order valence-electron chi connectivity index (χ0n) is 12.2. The van der Waals surface area contributed by atoms with E-state index in [4.69, 9.17) is 23.8 Å². The van der Waals surface area contributed by atoms with Crippen LogP contribution in [0.4, 0.5) is 11.4 Å². The summed E-state index contributed by atoms with van der Waals surface area (Å²) in [5, 5.41) is 17.6. The van der Waals surface area contributed by atoms with E-state index in [0.29, 0.717) is 15.8 Å². The first kappa shape index (κ1) is 17.7. The molecule has 1 aromatic carbocycles. The molecule has 0 aliphatic carbocycles. The molecule has 0 spiro atoms. The SMILES string of the molecule is CCCCC[C@@H](C)NC(=S)Nc1cc([N+](=O)[O-])ccc1Cl. The Balaban J connectivity index is 2.58. The summed E-state index contributed by atoms with van der Waals surface area (Å²) in [6.07, 6.45) is 4.55. The third-order valence-electron chi connectivity index (χ3n) is 3.03. The van der Waals surface area contributed by atoms with Crippen LogP contribution in [0.2, 0.25) is 5.02 Å². The van der Waals surface area contributed by atoms with Gasteiger partial charge in [-0.2, -0.15) is 0 Å². The summed E-state index contributed by atoms with van der Waals surface area (Å²) in [7, 11) is 0. The smallest absolute Gasteiger partial charge is 0.271 e. The Kier molecular flexibility index (Phi) is 7.39. The van der Waals surface area contributed by atoms with Crippen LogP contribution in [0.5, 0.6) is 0 Å². The molecular weight excluding hydrogens is 310 g/mol. The molecule has 7 heteroatoms. The number of hydrogen-bond acceptors (Lipinski definition) is 3. The van der Waals surface area contributed by atoms with Gasteiger partial charge in [-0.05, 0) is 31.6 Å². The van der Waals surface area contributed by atoms with E-state index in [1.165, 1.54) is 31.0 Å². The largest absolute Gasteiger partial charge is 0.360 e. The zero-order chi connectivity index (χ0) is 15.8. The summed E-state index contributed by atoms with van der Waals surface area (Å²) in [6.45, 7) is 4.22. The van der Waals surface area contributed by atoms with Crippen LogP contribution in [-0.2, 0) is 0 Å². The standard InChI is InChI=1S/C14H20ClN3O2S/c1-3-4-5-6-10(2)16-14(21)17-13-9-11(18(19)20)7-8-12(13)15/h7-10H,3-6H2,1-2H3,(H2,16,17,21)/t10-/m1/s1. The average Bonchev–Trinajstić information content (AvgIpc) is 2.41. The van der Waals surface area contributed by atoms with Gasteiger partial charge in [0.2, 0.25) is 0 Å². The van der Waals surface area contributed by atoms with Crippen molar-refractivity contribution in [3.63, 3.8) is 0 Å². The lowest BCUT2D eigenvalue weighted by atomic mass is 10.1. The summed E-state index contributed by atoms with van der Waals surface area (Å²) in [6, 6.07) is 4.46. The van der Waals surface area contributed by atoms with Gasteiger partial charge in [-0.15, -0.1) is 0 Å². The first-order valence-corrected chi connectivity index (χ1v) is 7.74. The van der Waals surface area contributed by atoms with Gasteiger partial charge in [-0.25, -0.2) is 0 Å². The van der Waals surface area contributed by atoms with Crippen LogP contribution in [0.25, 0.3) is 0 Å². The molecule has 116 valence electrons. The number of benzene rings is 1. The van der Waals surface area contributed by atoms with Crippen molar-refractivity contribution in [1.82, 2.24) is 5.32 Å². The molecule has 21 heavy (non-hydrogen) atoms. The Morgan fingerprint density at radius 1 is 1.48 bits per heavy atom. The first-order chi connectivity index (χ1) is 9.93. The van der Waals surface area contributed by atoms with Gasteiger partial charge in [0.25, 0.3) is 5.69 Å². The Morgan fingerprint density at radius 3 is 2.81 bits per heavy atom. The van der Waals surface area contributed by atoms with E-state index in [-0.39, 0.29) is 11.7 Å². The highest BCUT2D eigenvalue weighted by Crippen LogP contribution is 2.26. The third kappa shape index (κ3) is 6.27. The normalized spacial score (nSPS) is 11.8. The molecule has 0 radical (unpaired) electrons. The number of unbranched alkanes of at least 4 members (excludes halogenated alkanes) is 2. The molecule has 0 aliphatic heterocycles. The Bertz CT molecular complexity index is 511. The quantitative estimate of drug-likeness (QED) is 0.333. The van der Waals surface area contributed by atoms with E-state index in [9.17, 15) is 10.1 Å². The number of anilines is 1. The van der Waals surface area contributed by atoms with Crippen LogP contribution in [0.1, 0.15) is 39.5 Å². The number of rotatable bonds is 7. The number of hydrogen-bond donors (Lipinski definition) is 2. The number of halogens is 1. The number of nitro benzene ring substituents is 1. The molecule has 1 rings (SSSR count).